The second-order valence-electron chi connectivity index (χ2n) is 5.87. The summed E-state index contributed by atoms with van der Waals surface area (Å²) in [5.41, 5.74) is 3.01. The van der Waals surface area contributed by atoms with Crippen LogP contribution in [0.1, 0.15) is 30.5 Å². The second-order valence-corrected chi connectivity index (χ2v) is 5.87. The number of benzene rings is 2. The summed E-state index contributed by atoms with van der Waals surface area (Å²) >= 11 is 0. The third kappa shape index (κ3) is 6.48. The normalized spacial score (nSPS) is 11.4. The van der Waals surface area contributed by atoms with Gasteiger partial charge in [0.2, 0.25) is 0 Å². The van der Waals surface area contributed by atoms with E-state index in [9.17, 15) is 4.39 Å². The monoisotopic (exact) mass is 357 g/mol. The van der Waals surface area contributed by atoms with Crippen LogP contribution >= 0.6 is 0 Å². The van der Waals surface area contributed by atoms with E-state index in [4.69, 9.17) is 4.74 Å². The maximum atomic E-state index is 13.7. The van der Waals surface area contributed by atoms with E-state index >= 15 is 0 Å². The third-order valence-corrected chi connectivity index (χ3v) is 3.98. The number of rotatable bonds is 9. The van der Waals surface area contributed by atoms with Gasteiger partial charge in [0.15, 0.2) is 5.96 Å². The van der Waals surface area contributed by atoms with Crippen molar-refractivity contribution >= 4 is 5.96 Å². The van der Waals surface area contributed by atoms with Gasteiger partial charge in [-0.2, -0.15) is 0 Å². The number of nitrogens with one attached hydrogen (secondary N) is 2. The number of hydrogen-bond acceptors (Lipinski definition) is 2. The van der Waals surface area contributed by atoms with Gasteiger partial charge >= 0.3 is 0 Å². The molecule has 4 nitrogen and oxygen atoms in total. The highest BCUT2D eigenvalue weighted by Gasteiger charge is 2.04. The molecule has 0 aliphatic rings. The van der Waals surface area contributed by atoms with Crippen molar-refractivity contribution in [3.8, 4) is 0 Å². The molecule has 2 rings (SSSR count). The van der Waals surface area contributed by atoms with E-state index in [0.29, 0.717) is 38.3 Å². The van der Waals surface area contributed by atoms with Gasteiger partial charge in [-0.15, -0.1) is 0 Å². The van der Waals surface area contributed by atoms with Crippen molar-refractivity contribution in [2.75, 3.05) is 19.7 Å². The molecule has 0 aliphatic heterocycles. The lowest BCUT2D eigenvalue weighted by molar-refractivity contribution is 0.133. The second kappa shape index (κ2) is 11.3. The topological polar surface area (TPSA) is 45.7 Å². The highest BCUT2D eigenvalue weighted by atomic mass is 19.1. The summed E-state index contributed by atoms with van der Waals surface area (Å²) in [7, 11) is 0. The van der Waals surface area contributed by atoms with Gasteiger partial charge in [-0.3, -0.25) is 0 Å². The predicted octanol–water partition coefficient (Wildman–Crippen LogP) is 3.66. The quantitative estimate of drug-likeness (QED) is 0.532. The first-order valence-corrected chi connectivity index (χ1v) is 9.14. The lowest BCUT2D eigenvalue weighted by Gasteiger charge is -2.13. The Labute approximate surface area is 155 Å². The van der Waals surface area contributed by atoms with E-state index in [1.807, 2.05) is 38.1 Å². The third-order valence-electron chi connectivity index (χ3n) is 3.98. The van der Waals surface area contributed by atoms with Crippen molar-refractivity contribution in [3.05, 3.63) is 71.0 Å². The lowest BCUT2D eigenvalue weighted by Crippen LogP contribution is -2.38. The molecular formula is C21H28FN3O. The molecule has 0 aliphatic carbocycles. The Kier molecular flexibility index (Phi) is 8.63. The summed E-state index contributed by atoms with van der Waals surface area (Å²) in [6, 6.07) is 15.0. The van der Waals surface area contributed by atoms with E-state index in [-0.39, 0.29) is 5.82 Å². The number of aliphatic imine (C=N–C) groups is 1. The van der Waals surface area contributed by atoms with Crippen LogP contribution in [0.15, 0.2) is 53.5 Å². The molecule has 0 bridgehead atoms. The van der Waals surface area contributed by atoms with Crippen LogP contribution in [0.25, 0.3) is 0 Å². The number of ether oxygens (including phenoxy) is 1. The highest BCUT2D eigenvalue weighted by Crippen LogP contribution is 2.11. The van der Waals surface area contributed by atoms with Gasteiger partial charge in [-0.25, -0.2) is 9.38 Å². The summed E-state index contributed by atoms with van der Waals surface area (Å²) in [4.78, 5) is 4.65. The molecule has 2 aromatic rings. The summed E-state index contributed by atoms with van der Waals surface area (Å²) in [5, 5.41) is 6.50. The van der Waals surface area contributed by atoms with Gasteiger partial charge < -0.3 is 15.4 Å². The number of guanidine groups is 1. The van der Waals surface area contributed by atoms with Crippen LogP contribution in [0.5, 0.6) is 0 Å². The van der Waals surface area contributed by atoms with Crippen molar-refractivity contribution in [2.45, 2.75) is 33.4 Å². The number of hydrogen-bond donors (Lipinski definition) is 2. The molecule has 0 atom stereocenters. The minimum Gasteiger partial charge on any atom is -0.377 e. The van der Waals surface area contributed by atoms with E-state index in [1.165, 1.54) is 6.07 Å². The Morgan fingerprint density at radius 2 is 1.65 bits per heavy atom. The molecule has 0 saturated heterocycles. The van der Waals surface area contributed by atoms with Crippen LogP contribution in [0.3, 0.4) is 0 Å². The largest absolute Gasteiger partial charge is 0.377 e. The molecule has 0 aromatic heterocycles. The summed E-state index contributed by atoms with van der Waals surface area (Å²) in [5.74, 6) is 0.566. The van der Waals surface area contributed by atoms with Gasteiger partial charge in [0.25, 0.3) is 0 Å². The fourth-order valence-electron chi connectivity index (χ4n) is 2.59. The fourth-order valence-corrected chi connectivity index (χ4v) is 2.59. The first kappa shape index (κ1) is 19.9. The van der Waals surface area contributed by atoms with E-state index in [2.05, 4.69) is 27.8 Å². The zero-order valence-corrected chi connectivity index (χ0v) is 15.6. The number of nitrogens with zero attached hydrogens (tertiary/aromatic N) is 1. The molecule has 2 N–H and O–H groups in total. The van der Waals surface area contributed by atoms with Gasteiger partial charge in [-0.05, 0) is 43.0 Å². The maximum absolute atomic E-state index is 13.7. The Morgan fingerprint density at radius 1 is 0.962 bits per heavy atom. The molecule has 0 unspecified atom stereocenters. The fraction of sp³-hybridized carbons (Fsp3) is 0.381. The van der Waals surface area contributed by atoms with Crippen LogP contribution in [-0.4, -0.2) is 25.7 Å². The average Bonchev–Trinajstić information content (AvgIpc) is 2.66. The van der Waals surface area contributed by atoms with Crippen molar-refractivity contribution in [1.29, 1.82) is 0 Å². The summed E-state index contributed by atoms with van der Waals surface area (Å²) in [6.07, 6.45) is 0.609. The van der Waals surface area contributed by atoms with E-state index in [1.54, 1.807) is 6.07 Å². The molecule has 5 heteroatoms. The van der Waals surface area contributed by atoms with Crippen LogP contribution in [-0.2, 0) is 24.3 Å². The Morgan fingerprint density at radius 3 is 2.35 bits per heavy atom. The van der Waals surface area contributed by atoms with Crippen LogP contribution in [0, 0.1) is 5.82 Å². The SMILES string of the molecule is CCNC(=NCc1ccccc1COCC)NCCc1ccccc1F. The highest BCUT2D eigenvalue weighted by molar-refractivity contribution is 5.79. The Hall–Kier alpha value is -2.40. The Bertz CT molecular complexity index is 703. The first-order valence-electron chi connectivity index (χ1n) is 9.14. The first-order chi connectivity index (χ1) is 12.7. The van der Waals surface area contributed by atoms with Crippen molar-refractivity contribution in [3.63, 3.8) is 0 Å². The maximum Gasteiger partial charge on any atom is 0.191 e. The van der Waals surface area contributed by atoms with E-state index < -0.39 is 0 Å². The molecule has 0 radical (unpaired) electrons. The zero-order valence-electron chi connectivity index (χ0n) is 15.6. The summed E-state index contributed by atoms with van der Waals surface area (Å²) < 4.78 is 19.2. The molecule has 2 aromatic carbocycles. The summed E-state index contributed by atoms with van der Waals surface area (Å²) in [6.45, 7) is 7.26. The average molecular weight is 357 g/mol. The molecule has 140 valence electrons. The molecule has 0 saturated carbocycles. The smallest absolute Gasteiger partial charge is 0.191 e. The molecule has 0 spiro atoms. The van der Waals surface area contributed by atoms with Gasteiger partial charge in [-0.1, -0.05) is 42.5 Å². The van der Waals surface area contributed by atoms with Crippen molar-refractivity contribution in [1.82, 2.24) is 10.6 Å². The van der Waals surface area contributed by atoms with Crippen molar-refractivity contribution in [2.24, 2.45) is 4.99 Å². The van der Waals surface area contributed by atoms with E-state index in [0.717, 1.165) is 23.6 Å². The minimum atomic E-state index is -0.166. The van der Waals surface area contributed by atoms with Gasteiger partial charge in [0.1, 0.15) is 5.82 Å². The number of halogens is 1. The zero-order chi connectivity index (χ0) is 18.6. The predicted molar refractivity (Wildman–Crippen MR) is 105 cm³/mol. The molecular weight excluding hydrogens is 329 g/mol. The van der Waals surface area contributed by atoms with Crippen molar-refractivity contribution < 1.29 is 9.13 Å². The standard InChI is InChI=1S/C21H28FN3O/c1-3-23-21(24-14-13-17-9-7-8-12-20(17)22)25-15-18-10-5-6-11-19(18)16-26-4-2/h5-12H,3-4,13-16H2,1-2H3,(H2,23,24,25). The molecule has 0 amide bonds. The van der Waals surface area contributed by atoms with Gasteiger partial charge in [0.05, 0.1) is 13.2 Å². The lowest BCUT2D eigenvalue weighted by atomic mass is 10.1. The molecule has 0 heterocycles. The molecule has 26 heavy (non-hydrogen) atoms. The Balaban J connectivity index is 1.95. The van der Waals surface area contributed by atoms with Crippen LogP contribution in [0.2, 0.25) is 0 Å². The molecule has 0 fully saturated rings. The van der Waals surface area contributed by atoms with Crippen LogP contribution in [0.4, 0.5) is 4.39 Å². The minimum absolute atomic E-state index is 0.166. The van der Waals surface area contributed by atoms with Gasteiger partial charge in [0, 0.05) is 19.7 Å². The van der Waals surface area contributed by atoms with Crippen LogP contribution < -0.4 is 10.6 Å².